The van der Waals surface area contributed by atoms with Gasteiger partial charge in [0.2, 0.25) is 0 Å². The van der Waals surface area contributed by atoms with E-state index in [2.05, 4.69) is 17.2 Å². The predicted octanol–water partition coefficient (Wildman–Crippen LogP) is 1.54. The highest BCUT2D eigenvalue weighted by atomic mass is 16.2. The molecular weight excluding hydrogens is 418 g/mol. The molecule has 1 aromatic heterocycles. The van der Waals surface area contributed by atoms with E-state index < -0.39 is 16.8 Å². The van der Waals surface area contributed by atoms with Gasteiger partial charge in [0.1, 0.15) is 5.82 Å². The minimum atomic E-state index is -0.453. The molecule has 176 valence electrons. The molecule has 1 aromatic carbocycles. The van der Waals surface area contributed by atoms with Crippen LogP contribution in [-0.2, 0) is 13.1 Å². The van der Waals surface area contributed by atoms with Crippen molar-refractivity contribution in [2.75, 3.05) is 18.0 Å². The highest BCUT2D eigenvalue weighted by Gasteiger charge is 2.23. The predicted molar refractivity (Wildman–Crippen MR) is 131 cm³/mol. The molecule has 0 saturated carbocycles. The summed E-state index contributed by atoms with van der Waals surface area (Å²) >= 11 is 0. The van der Waals surface area contributed by atoms with Crippen LogP contribution >= 0.6 is 0 Å². The largest absolute Gasteiger partial charge is 0.356 e. The second kappa shape index (κ2) is 10.1. The van der Waals surface area contributed by atoms with E-state index >= 15 is 0 Å². The second-order valence-electron chi connectivity index (χ2n) is 9.43. The Hall–Kier alpha value is -3.31. The van der Waals surface area contributed by atoms with Crippen LogP contribution in [0.25, 0.3) is 0 Å². The van der Waals surface area contributed by atoms with Gasteiger partial charge in [-0.05, 0) is 52.2 Å². The lowest BCUT2D eigenvalue weighted by atomic mass is 10.0. The third kappa shape index (κ3) is 5.93. The highest BCUT2D eigenvalue weighted by Crippen LogP contribution is 2.17. The average Bonchev–Trinajstić information content (AvgIpc) is 2.75. The van der Waals surface area contributed by atoms with E-state index in [9.17, 15) is 14.4 Å². The van der Waals surface area contributed by atoms with Crippen molar-refractivity contribution in [3.8, 4) is 11.8 Å². The number of piperidine rings is 1. The van der Waals surface area contributed by atoms with Crippen LogP contribution in [0.2, 0.25) is 0 Å². The molecule has 8 heteroatoms. The fourth-order valence-electron chi connectivity index (χ4n) is 3.99. The standard InChI is InChI=1S/C25H33N5O3/c1-5-6-14-29-21(28-13-9-11-19(26)17-28)15-22(31)30(24(29)33)16-18-10-7-8-12-20(18)23(32)27-25(2,3)4/h7-8,10,12,15,19H,9,11,13-14,16-17,26H2,1-4H3,(H,27,32)/t19-/m1/s1. The number of carbonyl (C=O) groups excluding carboxylic acids is 1. The number of rotatable bonds is 5. The zero-order chi connectivity index (χ0) is 24.2. The van der Waals surface area contributed by atoms with Crippen molar-refractivity contribution in [1.82, 2.24) is 14.5 Å². The maximum atomic E-state index is 13.5. The Morgan fingerprint density at radius 3 is 2.61 bits per heavy atom. The van der Waals surface area contributed by atoms with Crippen LogP contribution in [0.1, 0.15) is 56.5 Å². The maximum Gasteiger partial charge on any atom is 0.333 e. The van der Waals surface area contributed by atoms with Crippen molar-refractivity contribution in [2.45, 2.75) is 65.2 Å². The number of benzene rings is 1. The Labute approximate surface area is 194 Å². The lowest BCUT2D eigenvalue weighted by Crippen LogP contribution is -2.48. The fraction of sp³-hybridized carbons (Fsp3) is 0.480. The summed E-state index contributed by atoms with van der Waals surface area (Å²) in [6.07, 6.45) is 1.81. The summed E-state index contributed by atoms with van der Waals surface area (Å²) in [6, 6.07) is 8.49. The molecular formula is C25H33N5O3. The molecule has 0 bridgehead atoms. The third-order valence-corrected chi connectivity index (χ3v) is 5.53. The number of hydrogen-bond donors (Lipinski definition) is 2. The summed E-state index contributed by atoms with van der Waals surface area (Å²) < 4.78 is 2.68. The summed E-state index contributed by atoms with van der Waals surface area (Å²) in [5.74, 6) is 6.05. The zero-order valence-electron chi connectivity index (χ0n) is 19.9. The lowest BCUT2D eigenvalue weighted by molar-refractivity contribution is 0.0918. The minimum Gasteiger partial charge on any atom is -0.356 e. The van der Waals surface area contributed by atoms with Crippen molar-refractivity contribution in [1.29, 1.82) is 0 Å². The maximum absolute atomic E-state index is 13.5. The molecule has 2 heterocycles. The monoisotopic (exact) mass is 451 g/mol. The molecule has 1 fully saturated rings. The van der Waals surface area contributed by atoms with Crippen LogP contribution in [0.4, 0.5) is 5.82 Å². The van der Waals surface area contributed by atoms with Gasteiger partial charge in [0.25, 0.3) is 11.5 Å². The first kappa shape index (κ1) is 24.3. The van der Waals surface area contributed by atoms with E-state index in [-0.39, 0.29) is 25.0 Å². The molecule has 1 aliphatic heterocycles. The first-order chi connectivity index (χ1) is 15.6. The smallest absolute Gasteiger partial charge is 0.333 e. The molecule has 1 aliphatic rings. The Morgan fingerprint density at radius 2 is 1.94 bits per heavy atom. The molecule has 0 spiro atoms. The molecule has 0 aliphatic carbocycles. The Morgan fingerprint density at radius 1 is 1.21 bits per heavy atom. The van der Waals surface area contributed by atoms with Gasteiger partial charge in [-0.3, -0.25) is 18.7 Å². The topological polar surface area (TPSA) is 102 Å². The molecule has 3 N–H and O–H groups in total. The van der Waals surface area contributed by atoms with Gasteiger partial charge in [-0.15, -0.1) is 5.92 Å². The molecule has 2 aromatic rings. The normalized spacial score (nSPS) is 16.2. The minimum absolute atomic E-state index is 0.00445. The van der Waals surface area contributed by atoms with Crippen molar-refractivity contribution in [2.24, 2.45) is 5.73 Å². The molecule has 0 unspecified atom stereocenters. The number of nitrogens with zero attached hydrogens (tertiary/aromatic N) is 3. The van der Waals surface area contributed by atoms with Gasteiger partial charge < -0.3 is 16.0 Å². The van der Waals surface area contributed by atoms with Gasteiger partial charge in [0, 0.05) is 36.3 Å². The van der Waals surface area contributed by atoms with Crippen LogP contribution in [0.15, 0.2) is 39.9 Å². The number of aromatic nitrogens is 2. The summed E-state index contributed by atoms with van der Waals surface area (Å²) in [4.78, 5) is 41.3. The van der Waals surface area contributed by atoms with E-state index in [1.165, 1.54) is 10.6 Å². The van der Waals surface area contributed by atoms with E-state index in [1.807, 2.05) is 25.7 Å². The molecule has 1 amide bonds. The Kier molecular flexibility index (Phi) is 7.44. The van der Waals surface area contributed by atoms with Crippen molar-refractivity contribution in [3.05, 3.63) is 62.3 Å². The first-order valence-electron chi connectivity index (χ1n) is 11.3. The van der Waals surface area contributed by atoms with Crippen molar-refractivity contribution in [3.63, 3.8) is 0 Å². The third-order valence-electron chi connectivity index (χ3n) is 5.53. The van der Waals surface area contributed by atoms with Gasteiger partial charge in [-0.25, -0.2) is 4.79 Å². The number of amides is 1. The molecule has 1 saturated heterocycles. The van der Waals surface area contributed by atoms with Gasteiger partial charge in [-0.2, -0.15) is 0 Å². The summed E-state index contributed by atoms with van der Waals surface area (Å²) in [7, 11) is 0. The lowest BCUT2D eigenvalue weighted by Gasteiger charge is -2.33. The van der Waals surface area contributed by atoms with Crippen molar-refractivity contribution < 1.29 is 4.79 Å². The van der Waals surface area contributed by atoms with Gasteiger partial charge in [0.05, 0.1) is 13.1 Å². The first-order valence-corrected chi connectivity index (χ1v) is 11.3. The van der Waals surface area contributed by atoms with Gasteiger partial charge >= 0.3 is 5.69 Å². The van der Waals surface area contributed by atoms with Crippen LogP contribution in [0, 0.1) is 11.8 Å². The highest BCUT2D eigenvalue weighted by molar-refractivity contribution is 5.96. The van der Waals surface area contributed by atoms with Gasteiger partial charge in [-0.1, -0.05) is 24.1 Å². The summed E-state index contributed by atoms with van der Waals surface area (Å²) in [6.45, 7) is 8.88. The summed E-state index contributed by atoms with van der Waals surface area (Å²) in [5, 5.41) is 2.94. The molecule has 1 atom stereocenters. The molecule has 3 rings (SSSR count). The van der Waals surface area contributed by atoms with E-state index in [0.717, 1.165) is 24.0 Å². The van der Waals surface area contributed by atoms with Crippen LogP contribution in [0.5, 0.6) is 0 Å². The number of carbonyl (C=O) groups is 1. The SMILES string of the molecule is CC#CCn1c(N2CCC[C@@H](N)C2)cc(=O)n(Cc2ccccc2C(=O)NC(C)(C)C)c1=O. The quantitative estimate of drug-likeness (QED) is 0.672. The van der Waals surface area contributed by atoms with Crippen LogP contribution in [0.3, 0.4) is 0 Å². The molecule has 8 nitrogen and oxygen atoms in total. The second-order valence-corrected chi connectivity index (χ2v) is 9.43. The van der Waals surface area contributed by atoms with Crippen LogP contribution in [-0.4, -0.2) is 39.7 Å². The number of anilines is 1. The zero-order valence-corrected chi connectivity index (χ0v) is 19.9. The Bertz CT molecular complexity index is 1190. The number of hydrogen-bond acceptors (Lipinski definition) is 5. The number of nitrogens with one attached hydrogen (secondary N) is 1. The van der Waals surface area contributed by atoms with Crippen LogP contribution < -0.4 is 27.2 Å². The van der Waals surface area contributed by atoms with E-state index in [0.29, 0.717) is 23.5 Å². The van der Waals surface area contributed by atoms with Gasteiger partial charge in [0.15, 0.2) is 0 Å². The Balaban J connectivity index is 2.05. The fourth-order valence-corrected chi connectivity index (χ4v) is 3.99. The van der Waals surface area contributed by atoms with E-state index in [4.69, 9.17) is 5.73 Å². The molecule has 33 heavy (non-hydrogen) atoms. The van der Waals surface area contributed by atoms with E-state index in [1.54, 1.807) is 31.2 Å². The number of nitrogens with two attached hydrogens (primary N) is 1. The van der Waals surface area contributed by atoms with Crippen molar-refractivity contribution >= 4 is 11.7 Å². The average molecular weight is 452 g/mol. The molecule has 0 radical (unpaired) electrons. The summed E-state index contributed by atoms with van der Waals surface area (Å²) in [5.41, 5.74) is 5.88.